The van der Waals surface area contributed by atoms with Crippen LogP contribution in [0.1, 0.15) is 35.0 Å². The van der Waals surface area contributed by atoms with Crippen LogP contribution in [0.15, 0.2) is 24.3 Å². The van der Waals surface area contributed by atoms with Crippen molar-refractivity contribution in [2.24, 2.45) is 0 Å². The normalized spacial score (nSPS) is 10.5. The number of nitrogens with zero attached hydrogens (tertiary/aromatic N) is 1. The number of aryl methyl sites for hydroxylation is 2. The van der Waals surface area contributed by atoms with Crippen LogP contribution in [-0.4, -0.2) is 16.1 Å². The molecule has 2 aromatic rings. The van der Waals surface area contributed by atoms with Crippen molar-refractivity contribution in [3.63, 3.8) is 0 Å². The third-order valence-corrected chi connectivity index (χ3v) is 2.70. The SMILES string of the molecule is CCCc1cc(NC(=O)c2cc(C)cc(F)c2)n[nH]1. The van der Waals surface area contributed by atoms with Gasteiger partial charge in [0.15, 0.2) is 5.82 Å². The van der Waals surface area contributed by atoms with E-state index in [9.17, 15) is 9.18 Å². The van der Waals surface area contributed by atoms with E-state index in [4.69, 9.17) is 0 Å². The van der Waals surface area contributed by atoms with E-state index in [1.54, 1.807) is 19.1 Å². The second-order valence-corrected chi connectivity index (χ2v) is 4.50. The first-order valence-corrected chi connectivity index (χ1v) is 6.21. The van der Waals surface area contributed by atoms with Gasteiger partial charge in [0.05, 0.1) is 0 Å². The van der Waals surface area contributed by atoms with Gasteiger partial charge in [-0.1, -0.05) is 13.3 Å². The summed E-state index contributed by atoms with van der Waals surface area (Å²) in [6, 6.07) is 6.01. The standard InChI is InChI=1S/C14H16FN3O/c1-3-4-12-8-13(18-17-12)16-14(19)10-5-9(2)6-11(15)7-10/h5-8H,3-4H2,1-2H3,(H2,16,17,18,19). The second-order valence-electron chi connectivity index (χ2n) is 4.50. The Morgan fingerprint density at radius 2 is 2.16 bits per heavy atom. The number of carbonyl (C=O) groups is 1. The molecule has 0 saturated carbocycles. The van der Waals surface area contributed by atoms with Crippen molar-refractivity contribution in [2.45, 2.75) is 26.7 Å². The molecular formula is C14H16FN3O. The highest BCUT2D eigenvalue weighted by Crippen LogP contribution is 2.12. The summed E-state index contributed by atoms with van der Waals surface area (Å²) in [4.78, 5) is 12.0. The van der Waals surface area contributed by atoms with Gasteiger partial charge in [0, 0.05) is 17.3 Å². The van der Waals surface area contributed by atoms with Crippen molar-refractivity contribution in [1.29, 1.82) is 0 Å². The van der Waals surface area contributed by atoms with Gasteiger partial charge in [-0.3, -0.25) is 9.89 Å². The molecular weight excluding hydrogens is 245 g/mol. The molecule has 0 bridgehead atoms. The zero-order chi connectivity index (χ0) is 13.8. The number of H-pyrrole nitrogens is 1. The summed E-state index contributed by atoms with van der Waals surface area (Å²) in [6.07, 6.45) is 1.88. The summed E-state index contributed by atoms with van der Waals surface area (Å²) in [7, 11) is 0. The quantitative estimate of drug-likeness (QED) is 0.888. The van der Waals surface area contributed by atoms with Gasteiger partial charge in [-0.05, 0) is 37.1 Å². The van der Waals surface area contributed by atoms with Crippen molar-refractivity contribution >= 4 is 11.7 Å². The monoisotopic (exact) mass is 261 g/mol. The van der Waals surface area contributed by atoms with E-state index in [0.717, 1.165) is 18.5 Å². The van der Waals surface area contributed by atoms with Gasteiger partial charge < -0.3 is 5.32 Å². The van der Waals surface area contributed by atoms with E-state index >= 15 is 0 Å². The molecule has 1 heterocycles. The number of rotatable bonds is 4. The van der Waals surface area contributed by atoms with E-state index in [2.05, 4.69) is 22.4 Å². The maximum absolute atomic E-state index is 13.2. The number of aromatic amines is 1. The zero-order valence-corrected chi connectivity index (χ0v) is 11.0. The van der Waals surface area contributed by atoms with E-state index < -0.39 is 5.82 Å². The van der Waals surface area contributed by atoms with E-state index in [1.807, 2.05) is 0 Å². The molecule has 1 aromatic heterocycles. The highest BCUT2D eigenvalue weighted by atomic mass is 19.1. The third-order valence-electron chi connectivity index (χ3n) is 2.70. The number of amides is 1. The second kappa shape index (κ2) is 5.65. The molecule has 1 amide bonds. The van der Waals surface area contributed by atoms with Crippen molar-refractivity contribution < 1.29 is 9.18 Å². The van der Waals surface area contributed by atoms with E-state index in [0.29, 0.717) is 11.4 Å². The third kappa shape index (κ3) is 3.40. The summed E-state index contributed by atoms with van der Waals surface area (Å²) >= 11 is 0. The lowest BCUT2D eigenvalue weighted by Gasteiger charge is -2.03. The Kier molecular flexibility index (Phi) is 3.94. The summed E-state index contributed by atoms with van der Waals surface area (Å²) < 4.78 is 13.2. The lowest BCUT2D eigenvalue weighted by atomic mass is 10.1. The molecule has 0 radical (unpaired) electrons. The first kappa shape index (κ1) is 13.3. The molecule has 100 valence electrons. The molecule has 2 N–H and O–H groups in total. The minimum absolute atomic E-state index is 0.289. The Morgan fingerprint density at radius 1 is 1.37 bits per heavy atom. The highest BCUT2D eigenvalue weighted by molar-refractivity contribution is 6.03. The molecule has 0 unspecified atom stereocenters. The van der Waals surface area contributed by atoms with Crippen LogP contribution in [0.25, 0.3) is 0 Å². The molecule has 0 fully saturated rings. The Hall–Kier alpha value is -2.17. The molecule has 0 spiro atoms. The van der Waals surface area contributed by atoms with Gasteiger partial charge in [0.25, 0.3) is 5.91 Å². The average Bonchev–Trinajstić information content (AvgIpc) is 2.76. The summed E-state index contributed by atoms with van der Waals surface area (Å²) in [5.74, 6) is -0.327. The van der Waals surface area contributed by atoms with Crippen molar-refractivity contribution in [1.82, 2.24) is 10.2 Å². The van der Waals surface area contributed by atoms with Gasteiger partial charge >= 0.3 is 0 Å². The molecule has 5 heteroatoms. The predicted molar refractivity (Wildman–Crippen MR) is 71.7 cm³/mol. The fraction of sp³-hybridized carbons (Fsp3) is 0.286. The lowest BCUT2D eigenvalue weighted by Crippen LogP contribution is -2.12. The number of carbonyl (C=O) groups excluding carboxylic acids is 1. The first-order valence-electron chi connectivity index (χ1n) is 6.21. The molecule has 0 aliphatic heterocycles. The number of aromatic nitrogens is 2. The highest BCUT2D eigenvalue weighted by Gasteiger charge is 2.10. The van der Waals surface area contributed by atoms with Crippen molar-refractivity contribution in [2.75, 3.05) is 5.32 Å². The fourth-order valence-electron chi connectivity index (χ4n) is 1.88. The number of hydrogen-bond donors (Lipinski definition) is 2. The largest absolute Gasteiger partial charge is 0.305 e. The Labute approximate surface area is 111 Å². The van der Waals surface area contributed by atoms with Crippen LogP contribution in [0.3, 0.4) is 0 Å². The van der Waals surface area contributed by atoms with Crippen LogP contribution in [0.5, 0.6) is 0 Å². The molecule has 19 heavy (non-hydrogen) atoms. The van der Waals surface area contributed by atoms with Crippen LogP contribution in [0.4, 0.5) is 10.2 Å². The smallest absolute Gasteiger partial charge is 0.256 e. The van der Waals surface area contributed by atoms with Crippen LogP contribution in [-0.2, 0) is 6.42 Å². The lowest BCUT2D eigenvalue weighted by molar-refractivity contribution is 0.102. The van der Waals surface area contributed by atoms with Gasteiger partial charge in [-0.15, -0.1) is 0 Å². The van der Waals surface area contributed by atoms with Crippen molar-refractivity contribution in [3.05, 3.63) is 46.9 Å². The van der Waals surface area contributed by atoms with E-state index in [1.165, 1.54) is 12.1 Å². The first-order chi connectivity index (χ1) is 9.08. The van der Waals surface area contributed by atoms with E-state index in [-0.39, 0.29) is 11.5 Å². The number of anilines is 1. The molecule has 0 aliphatic carbocycles. The average molecular weight is 261 g/mol. The van der Waals surface area contributed by atoms with Crippen LogP contribution < -0.4 is 5.32 Å². The van der Waals surface area contributed by atoms with Crippen LogP contribution in [0.2, 0.25) is 0 Å². The molecule has 2 rings (SSSR count). The minimum Gasteiger partial charge on any atom is -0.305 e. The number of hydrogen-bond acceptors (Lipinski definition) is 2. The number of halogens is 1. The van der Waals surface area contributed by atoms with Crippen LogP contribution >= 0.6 is 0 Å². The summed E-state index contributed by atoms with van der Waals surface area (Å²) in [5, 5.41) is 9.49. The minimum atomic E-state index is -0.418. The Morgan fingerprint density at radius 3 is 2.84 bits per heavy atom. The topological polar surface area (TPSA) is 57.8 Å². The number of benzene rings is 1. The molecule has 0 saturated heterocycles. The number of nitrogens with one attached hydrogen (secondary N) is 2. The summed E-state index contributed by atoms with van der Waals surface area (Å²) in [6.45, 7) is 3.81. The maximum atomic E-state index is 13.2. The fourth-order valence-corrected chi connectivity index (χ4v) is 1.88. The Balaban J connectivity index is 2.11. The van der Waals surface area contributed by atoms with Crippen LogP contribution in [0, 0.1) is 12.7 Å². The zero-order valence-electron chi connectivity index (χ0n) is 11.0. The molecule has 0 aliphatic rings. The Bertz CT molecular complexity index is 572. The van der Waals surface area contributed by atoms with Crippen molar-refractivity contribution in [3.8, 4) is 0 Å². The molecule has 0 atom stereocenters. The molecule has 4 nitrogen and oxygen atoms in total. The summed E-state index contributed by atoms with van der Waals surface area (Å²) in [5.41, 5.74) is 1.96. The predicted octanol–water partition coefficient (Wildman–Crippen LogP) is 3.06. The van der Waals surface area contributed by atoms with Gasteiger partial charge in [0.1, 0.15) is 5.82 Å². The molecule has 1 aromatic carbocycles. The van der Waals surface area contributed by atoms with Gasteiger partial charge in [-0.25, -0.2) is 4.39 Å². The maximum Gasteiger partial charge on any atom is 0.256 e. The van der Waals surface area contributed by atoms with Gasteiger partial charge in [0.2, 0.25) is 0 Å². The van der Waals surface area contributed by atoms with Gasteiger partial charge in [-0.2, -0.15) is 5.10 Å².